The standard InChI is InChI=1S/C17H21NO4S/c1-2-21-16(20)10-22-14-6-4-3-5-13(14)17-18(9-12-7-8-12)15(19)11-23-17/h3-6,12,17H,2,7-11H2,1H3. The first-order valence-corrected chi connectivity index (χ1v) is 9.02. The van der Waals surface area contributed by atoms with E-state index in [9.17, 15) is 9.59 Å². The Kier molecular flexibility index (Phi) is 5.10. The van der Waals surface area contributed by atoms with E-state index >= 15 is 0 Å². The van der Waals surface area contributed by atoms with Gasteiger partial charge in [-0.15, -0.1) is 11.8 Å². The molecule has 2 aliphatic rings. The van der Waals surface area contributed by atoms with Crippen LogP contribution in [0.2, 0.25) is 0 Å². The molecule has 2 fully saturated rings. The maximum Gasteiger partial charge on any atom is 0.344 e. The zero-order valence-electron chi connectivity index (χ0n) is 13.2. The van der Waals surface area contributed by atoms with E-state index in [1.54, 1.807) is 18.7 Å². The molecule has 1 unspecified atom stereocenters. The molecule has 1 saturated carbocycles. The van der Waals surface area contributed by atoms with Crippen molar-refractivity contribution in [3.63, 3.8) is 0 Å². The fraction of sp³-hybridized carbons (Fsp3) is 0.529. The van der Waals surface area contributed by atoms with Gasteiger partial charge in [0.25, 0.3) is 0 Å². The summed E-state index contributed by atoms with van der Waals surface area (Å²) >= 11 is 1.62. The van der Waals surface area contributed by atoms with Crippen molar-refractivity contribution >= 4 is 23.6 Å². The summed E-state index contributed by atoms with van der Waals surface area (Å²) in [5.74, 6) is 1.60. The van der Waals surface area contributed by atoms with Crippen molar-refractivity contribution in [2.45, 2.75) is 25.1 Å². The van der Waals surface area contributed by atoms with Crippen LogP contribution >= 0.6 is 11.8 Å². The number of esters is 1. The molecule has 0 aromatic heterocycles. The molecule has 5 nitrogen and oxygen atoms in total. The smallest absolute Gasteiger partial charge is 0.344 e. The molecule has 6 heteroatoms. The van der Waals surface area contributed by atoms with E-state index in [1.807, 2.05) is 29.2 Å². The Balaban J connectivity index is 1.73. The van der Waals surface area contributed by atoms with Gasteiger partial charge in [0.05, 0.1) is 12.4 Å². The summed E-state index contributed by atoms with van der Waals surface area (Å²) in [6, 6.07) is 7.62. The number of para-hydroxylation sites is 1. The summed E-state index contributed by atoms with van der Waals surface area (Å²) in [5.41, 5.74) is 0.952. The van der Waals surface area contributed by atoms with Crippen LogP contribution in [0.1, 0.15) is 30.7 Å². The predicted octanol–water partition coefficient (Wildman–Crippen LogP) is 2.61. The first-order valence-electron chi connectivity index (χ1n) is 7.97. The van der Waals surface area contributed by atoms with Crippen LogP contribution in [-0.4, -0.2) is 42.3 Å². The summed E-state index contributed by atoms with van der Waals surface area (Å²) in [4.78, 5) is 25.6. The monoisotopic (exact) mass is 335 g/mol. The summed E-state index contributed by atoms with van der Waals surface area (Å²) in [6.07, 6.45) is 2.42. The zero-order chi connectivity index (χ0) is 16.2. The van der Waals surface area contributed by atoms with Crippen LogP contribution in [0, 0.1) is 5.92 Å². The average Bonchev–Trinajstić information content (AvgIpc) is 3.30. The molecule has 1 atom stereocenters. The second kappa shape index (κ2) is 7.25. The molecule has 0 N–H and O–H groups in total. The van der Waals surface area contributed by atoms with Crippen LogP contribution < -0.4 is 4.74 Å². The highest BCUT2D eigenvalue weighted by Gasteiger charge is 2.37. The third kappa shape index (κ3) is 3.99. The summed E-state index contributed by atoms with van der Waals surface area (Å²) < 4.78 is 10.5. The Hall–Kier alpha value is -1.69. The molecular weight excluding hydrogens is 314 g/mol. The maximum atomic E-state index is 12.2. The molecule has 124 valence electrons. The van der Waals surface area contributed by atoms with Crippen molar-refractivity contribution in [2.75, 3.05) is 25.5 Å². The van der Waals surface area contributed by atoms with E-state index in [4.69, 9.17) is 9.47 Å². The van der Waals surface area contributed by atoms with Crippen LogP contribution in [0.4, 0.5) is 0 Å². The molecule has 23 heavy (non-hydrogen) atoms. The van der Waals surface area contributed by atoms with Crippen molar-refractivity contribution < 1.29 is 19.1 Å². The molecule has 3 rings (SSSR count). The molecule has 1 heterocycles. The van der Waals surface area contributed by atoms with E-state index in [-0.39, 0.29) is 23.9 Å². The van der Waals surface area contributed by atoms with Crippen LogP contribution in [0.15, 0.2) is 24.3 Å². The first-order chi connectivity index (χ1) is 11.2. The normalized spacial score (nSPS) is 20.7. The topological polar surface area (TPSA) is 55.8 Å². The minimum absolute atomic E-state index is 0.0264. The first kappa shape index (κ1) is 16.2. The molecule has 0 bridgehead atoms. The fourth-order valence-electron chi connectivity index (χ4n) is 2.64. The predicted molar refractivity (Wildman–Crippen MR) is 88.2 cm³/mol. The van der Waals surface area contributed by atoms with Crippen molar-refractivity contribution in [1.29, 1.82) is 0 Å². The van der Waals surface area contributed by atoms with E-state index in [0.29, 0.717) is 24.0 Å². The minimum Gasteiger partial charge on any atom is -0.482 e. The van der Waals surface area contributed by atoms with Crippen LogP contribution in [0.5, 0.6) is 5.75 Å². The number of rotatable bonds is 7. The average molecular weight is 335 g/mol. The Bertz CT molecular complexity index is 588. The van der Waals surface area contributed by atoms with Gasteiger partial charge in [-0.2, -0.15) is 0 Å². The van der Waals surface area contributed by atoms with Gasteiger partial charge in [0.1, 0.15) is 11.1 Å². The number of hydrogen-bond acceptors (Lipinski definition) is 5. The number of hydrogen-bond donors (Lipinski definition) is 0. The summed E-state index contributed by atoms with van der Waals surface area (Å²) in [7, 11) is 0. The number of carbonyl (C=O) groups is 2. The lowest BCUT2D eigenvalue weighted by atomic mass is 10.1. The lowest BCUT2D eigenvalue weighted by Gasteiger charge is -2.25. The van der Waals surface area contributed by atoms with Crippen molar-refractivity contribution in [3.8, 4) is 5.75 Å². The van der Waals surface area contributed by atoms with Gasteiger partial charge in [-0.25, -0.2) is 4.79 Å². The largest absolute Gasteiger partial charge is 0.482 e. The molecule has 0 spiro atoms. The molecule has 0 radical (unpaired) electrons. The van der Waals surface area contributed by atoms with Gasteiger partial charge in [-0.1, -0.05) is 18.2 Å². The highest BCUT2D eigenvalue weighted by atomic mass is 32.2. The Morgan fingerprint density at radius 2 is 2.13 bits per heavy atom. The molecule has 1 amide bonds. The Morgan fingerprint density at radius 3 is 2.87 bits per heavy atom. The van der Waals surface area contributed by atoms with Gasteiger partial charge in [0, 0.05) is 12.1 Å². The lowest BCUT2D eigenvalue weighted by Crippen LogP contribution is -2.30. The molecule has 1 aliphatic carbocycles. The highest BCUT2D eigenvalue weighted by molar-refractivity contribution is 8.00. The lowest BCUT2D eigenvalue weighted by molar-refractivity contribution is -0.145. The third-order valence-electron chi connectivity index (χ3n) is 3.96. The Labute approximate surface area is 140 Å². The van der Waals surface area contributed by atoms with Gasteiger partial charge in [0.15, 0.2) is 6.61 Å². The quantitative estimate of drug-likeness (QED) is 0.717. The number of benzene rings is 1. The molecule has 1 aromatic carbocycles. The number of nitrogens with zero attached hydrogens (tertiary/aromatic N) is 1. The van der Waals surface area contributed by atoms with Crippen molar-refractivity contribution in [1.82, 2.24) is 4.90 Å². The fourth-order valence-corrected chi connectivity index (χ4v) is 3.87. The van der Waals surface area contributed by atoms with Crippen molar-refractivity contribution in [3.05, 3.63) is 29.8 Å². The van der Waals surface area contributed by atoms with Crippen LogP contribution in [-0.2, 0) is 14.3 Å². The minimum atomic E-state index is -0.382. The van der Waals surface area contributed by atoms with Gasteiger partial charge >= 0.3 is 5.97 Å². The highest BCUT2D eigenvalue weighted by Crippen LogP contribution is 2.44. The molecular formula is C17H21NO4S. The summed E-state index contributed by atoms with van der Waals surface area (Å²) in [6.45, 7) is 2.82. The molecule has 1 aromatic rings. The van der Waals surface area contributed by atoms with E-state index in [1.165, 1.54) is 12.8 Å². The van der Waals surface area contributed by atoms with Gasteiger partial charge < -0.3 is 14.4 Å². The molecule has 1 saturated heterocycles. The van der Waals surface area contributed by atoms with Crippen LogP contribution in [0.25, 0.3) is 0 Å². The van der Waals surface area contributed by atoms with Gasteiger partial charge in [-0.3, -0.25) is 4.79 Å². The zero-order valence-corrected chi connectivity index (χ0v) is 14.0. The Morgan fingerprint density at radius 1 is 1.35 bits per heavy atom. The number of amides is 1. The number of ether oxygens (including phenoxy) is 2. The second-order valence-electron chi connectivity index (χ2n) is 5.78. The summed E-state index contributed by atoms with van der Waals surface area (Å²) in [5, 5.41) is -0.0264. The maximum absolute atomic E-state index is 12.2. The van der Waals surface area contributed by atoms with Crippen LogP contribution in [0.3, 0.4) is 0 Å². The van der Waals surface area contributed by atoms with Gasteiger partial charge in [-0.05, 0) is 31.7 Å². The third-order valence-corrected chi connectivity index (χ3v) is 5.19. The second-order valence-corrected chi connectivity index (χ2v) is 6.85. The molecule has 1 aliphatic heterocycles. The van der Waals surface area contributed by atoms with E-state index in [0.717, 1.165) is 12.1 Å². The van der Waals surface area contributed by atoms with E-state index < -0.39 is 0 Å². The number of carbonyl (C=O) groups excluding carboxylic acids is 2. The SMILES string of the molecule is CCOC(=O)COc1ccccc1C1SCC(=O)N1CC1CC1. The number of thioether (sulfide) groups is 1. The van der Waals surface area contributed by atoms with E-state index in [2.05, 4.69) is 0 Å². The van der Waals surface area contributed by atoms with Crippen molar-refractivity contribution in [2.24, 2.45) is 5.92 Å². The van der Waals surface area contributed by atoms with Gasteiger partial charge in [0.2, 0.25) is 5.91 Å².